The van der Waals surface area contributed by atoms with Crippen molar-refractivity contribution in [2.45, 2.75) is 31.8 Å². The van der Waals surface area contributed by atoms with E-state index < -0.39 is 0 Å². The van der Waals surface area contributed by atoms with Crippen LogP contribution in [0.2, 0.25) is 5.02 Å². The normalized spacial score (nSPS) is 18.1. The Labute approximate surface area is 172 Å². The van der Waals surface area contributed by atoms with Crippen molar-refractivity contribution < 1.29 is 9.53 Å². The van der Waals surface area contributed by atoms with Gasteiger partial charge in [0.05, 0.1) is 10.7 Å². The number of benzene rings is 1. The highest BCUT2D eigenvalue weighted by Gasteiger charge is 2.26. The third kappa shape index (κ3) is 4.19. The molecule has 1 saturated heterocycles. The van der Waals surface area contributed by atoms with E-state index in [0.717, 1.165) is 50.0 Å². The molecule has 1 aromatic heterocycles. The van der Waals surface area contributed by atoms with Crippen molar-refractivity contribution in [1.29, 1.82) is 0 Å². The van der Waals surface area contributed by atoms with Gasteiger partial charge in [0.25, 0.3) is 5.91 Å². The molecule has 0 atom stereocenters. The summed E-state index contributed by atoms with van der Waals surface area (Å²) in [5.74, 6) is -0.246. The molecule has 0 aliphatic carbocycles. The van der Waals surface area contributed by atoms with E-state index in [1.165, 1.54) is 11.1 Å². The summed E-state index contributed by atoms with van der Waals surface area (Å²) in [6.45, 7) is 3.61. The summed E-state index contributed by atoms with van der Waals surface area (Å²) in [7, 11) is 0. The van der Waals surface area contributed by atoms with Gasteiger partial charge in [-0.25, -0.2) is 0 Å². The first-order valence-corrected chi connectivity index (χ1v) is 10.3. The van der Waals surface area contributed by atoms with Crippen LogP contribution in [0, 0.1) is 0 Å². The minimum atomic E-state index is -0.246. The molecule has 5 nitrogen and oxygen atoms in total. The third-order valence-corrected chi connectivity index (χ3v) is 6.56. The van der Waals surface area contributed by atoms with Gasteiger partial charge in [-0.1, -0.05) is 17.7 Å². The Kier molecular flexibility index (Phi) is 5.78. The maximum Gasteiger partial charge on any atom is 0.274 e. The van der Waals surface area contributed by atoms with Gasteiger partial charge in [-0.3, -0.25) is 14.7 Å². The second kappa shape index (κ2) is 8.27. The molecule has 27 heavy (non-hydrogen) atoms. The molecule has 0 saturated carbocycles. The average Bonchev–Trinajstić information content (AvgIpc) is 2.71. The van der Waals surface area contributed by atoms with E-state index >= 15 is 0 Å². The summed E-state index contributed by atoms with van der Waals surface area (Å²) < 4.78 is 6.21. The lowest BCUT2D eigenvalue weighted by atomic mass is 9.97. The molecule has 1 aromatic carbocycles. The van der Waals surface area contributed by atoms with E-state index in [0.29, 0.717) is 22.4 Å². The van der Waals surface area contributed by atoms with E-state index in [4.69, 9.17) is 16.3 Å². The van der Waals surface area contributed by atoms with Gasteiger partial charge in [-0.2, -0.15) is 0 Å². The van der Waals surface area contributed by atoms with Gasteiger partial charge in [0.1, 0.15) is 5.69 Å². The molecule has 1 fully saturated rings. The molecule has 2 aromatic rings. The second-order valence-electron chi connectivity index (χ2n) is 6.96. The number of halogens is 2. The van der Waals surface area contributed by atoms with Gasteiger partial charge in [0.2, 0.25) is 0 Å². The lowest BCUT2D eigenvalue weighted by molar-refractivity contribution is 0.0290. The molecule has 7 heteroatoms. The minimum absolute atomic E-state index is 0.246. The zero-order valence-electron chi connectivity index (χ0n) is 14.9. The molecule has 0 unspecified atom stereocenters. The lowest BCUT2D eigenvalue weighted by Crippen LogP contribution is -2.42. The number of ether oxygens (including phenoxy) is 1. The van der Waals surface area contributed by atoms with Crippen molar-refractivity contribution in [3.05, 3.63) is 56.8 Å². The molecular weight excluding hydrogens is 430 g/mol. The molecule has 0 spiro atoms. The van der Waals surface area contributed by atoms with Crippen molar-refractivity contribution in [2.24, 2.45) is 0 Å². The number of aromatic nitrogens is 1. The van der Waals surface area contributed by atoms with Crippen molar-refractivity contribution in [3.63, 3.8) is 0 Å². The van der Waals surface area contributed by atoms with Crippen LogP contribution in [-0.2, 0) is 17.7 Å². The van der Waals surface area contributed by atoms with Gasteiger partial charge in [-0.15, -0.1) is 0 Å². The fraction of sp³-hybridized carbons (Fsp3) is 0.400. The van der Waals surface area contributed by atoms with Crippen LogP contribution in [0.15, 0.2) is 34.9 Å². The zero-order valence-corrected chi connectivity index (χ0v) is 17.2. The number of rotatable bonds is 3. The SMILES string of the molecule is O=C(Nc1cccc(Br)c1Cl)c1cc2c(cn1)CN(C1CCOCC1)CC2. The Morgan fingerprint density at radius 2 is 2.11 bits per heavy atom. The summed E-state index contributed by atoms with van der Waals surface area (Å²) in [5.41, 5.74) is 3.41. The highest BCUT2D eigenvalue weighted by Crippen LogP contribution is 2.30. The number of hydrogen-bond donors (Lipinski definition) is 1. The summed E-state index contributed by atoms with van der Waals surface area (Å²) in [5, 5.41) is 3.33. The Morgan fingerprint density at radius 3 is 2.93 bits per heavy atom. The summed E-state index contributed by atoms with van der Waals surface area (Å²) in [6, 6.07) is 7.94. The van der Waals surface area contributed by atoms with Crippen LogP contribution in [-0.4, -0.2) is 41.6 Å². The zero-order chi connectivity index (χ0) is 18.8. The first-order valence-electron chi connectivity index (χ1n) is 9.17. The largest absolute Gasteiger partial charge is 0.381 e. The number of fused-ring (bicyclic) bond motifs is 1. The fourth-order valence-electron chi connectivity index (χ4n) is 3.74. The number of amides is 1. The molecule has 1 N–H and O–H groups in total. The van der Waals surface area contributed by atoms with Crippen molar-refractivity contribution in [2.75, 3.05) is 25.1 Å². The first-order chi connectivity index (χ1) is 13.1. The number of pyridine rings is 1. The van der Waals surface area contributed by atoms with Crippen LogP contribution < -0.4 is 5.32 Å². The average molecular weight is 451 g/mol. The maximum absolute atomic E-state index is 12.6. The molecule has 4 rings (SSSR count). The predicted octanol–water partition coefficient (Wildman–Crippen LogP) is 4.29. The molecule has 0 bridgehead atoms. The number of hydrogen-bond acceptors (Lipinski definition) is 4. The Balaban J connectivity index is 1.47. The molecule has 142 valence electrons. The standard InChI is InChI=1S/C20H21BrClN3O2/c21-16-2-1-3-17(19(16)22)24-20(26)18-10-13-4-7-25(12-14(13)11-23-18)15-5-8-27-9-6-15/h1-3,10-11,15H,4-9,12H2,(H,24,26). The number of nitrogens with one attached hydrogen (secondary N) is 1. The van der Waals surface area contributed by atoms with Gasteiger partial charge in [-0.05, 0) is 64.5 Å². The topological polar surface area (TPSA) is 54.5 Å². The lowest BCUT2D eigenvalue weighted by Gasteiger charge is -2.37. The summed E-state index contributed by atoms with van der Waals surface area (Å²) in [6.07, 6.45) is 4.97. The first kappa shape index (κ1) is 18.9. The predicted molar refractivity (Wildman–Crippen MR) is 109 cm³/mol. The van der Waals surface area contributed by atoms with Crippen molar-refractivity contribution >= 4 is 39.1 Å². The van der Waals surface area contributed by atoms with Crippen LogP contribution in [0.1, 0.15) is 34.5 Å². The smallest absolute Gasteiger partial charge is 0.274 e. The van der Waals surface area contributed by atoms with E-state index in [9.17, 15) is 4.79 Å². The highest BCUT2D eigenvalue weighted by molar-refractivity contribution is 9.10. The summed E-state index contributed by atoms with van der Waals surface area (Å²) in [4.78, 5) is 19.5. The van der Waals surface area contributed by atoms with Gasteiger partial charge in [0, 0.05) is 43.0 Å². The van der Waals surface area contributed by atoms with E-state index in [1.54, 1.807) is 6.07 Å². The number of carbonyl (C=O) groups is 1. The molecule has 0 radical (unpaired) electrons. The Bertz CT molecular complexity index is 855. The molecular formula is C20H21BrClN3O2. The van der Waals surface area contributed by atoms with Crippen LogP contribution in [0.4, 0.5) is 5.69 Å². The Morgan fingerprint density at radius 1 is 1.30 bits per heavy atom. The minimum Gasteiger partial charge on any atom is -0.381 e. The molecule has 2 aliphatic rings. The summed E-state index contributed by atoms with van der Waals surface area (Å²) >= 11 is 9.60. The number of anilines is 1. The van der Waals surface area contributed by atoms with Gasteiger partial charge >= 0.3 is 0 Å². The van der Waals surface area contributed by atoms with Crippen molar-refractivity contribution in [3.8, 4) is 0 Å². The van der Waals surface area contributed by atoms with Gasteiger partial charge in [0.15, 0.2) is 0 Å². The van der Waals surface area contributed by atoms with Crippen molar-refractivity contribution in [1.82, 2.24) is 9.88 Å². The molecule has 3 heterocycles. The maximum atomic E-state index is 12.6. The highest BCUT2D eigenvalue weighted by atomic mass is 79.9. The number of nitrogens with zero attached hydrogens (tertiary/aromatic N) is 2. The van der Waals surface area contributed by atoms with E-state index in [-0.39, 0.29) is 5.91 Å². The van der Waals surface area contributed by atoms with Crippen LogP contribution in [0.5, 0.6) is 0 Å². The fourth-order valence-corrected chi connectivity index (χ4v) is 4.27. The molecule has 2 aliphatic heterocycles. The monoisotopic (exact) mass is 449 g/mol. The second-order valence-corrected chi connectivity index (χ2v) is 8.19. The third-order valence-electron chi connectivity index (χ3n) is 5.26. The van der Waals surface area contributed by atoms with Gasteiger partial charge < -0.3 is 10.1 Å². The quantitative estimate of drug-likeness (QED) is 0.758. The van der Waals surface area contributed by atoms with Crippen LogP contribution >= 0.6 is 27.5 Å². The molecule has 1 amide bonds. The van der Waals surface area contributed by atoms with Crippen LogP contribution in [0.3, 0.4) is 0 Å². The Hall–Kier alpha value is -1.47. The van der Waals surface area contributed by atoms with E-state index in [1.807, 2.05) is 24.4 Å². The van der Waals surface area contributed by atoms with E-state index in [2.05, 4.69) is 31.1 Å². The van der Waals surface area contributed by atoms with Crippen LogP contribution in [0.25, 0.3) is 0 Å². The number of carbonyl (C=O) groups excluding carboxylic acids is 1.